The molecule has 0 fully saturated rings. The van der Waals surface area contributed by atoms with E-state index in [9.17, 15) is 0 Å². The second kappa shape index (κ2) is 7.59. The number of aliphatic hydroxyl groups excluding tert-OH is 1. The maximum atomic E-state index is 8.29. The summed E-state index contributed by atoms with van der Waals surface area (Å²) < 4.78 is 0. The second-order valence-electron chi connectivity index (χ2n) is 1.52. The van der Waals surface area contributed by atoms with Crippen molar-refractivity contribution in [2.75, 3.05) is 13.2 Å². The van der Waals surface area contributed by atoms with Gasteiger partial charge in [-0.15, -0.1) is 0 Å². The first-order chi connectivity index (χ1) is 3.31. The van der Waals surface area contributed by atoms with Crippen LogP contribution in [-0.2, 0) is 21.7 Å². The van der Waals surface area contributed by atoms with Gasteiger partial charge >= 0.3 is 0 Å². The van der Waals surface area contributed by atoms with Gasteiger partial charge in [0.1, 0.15) is 0 Å². The first-order valence-electron chi connectivity index (χ1n) is 2.37. The molecule has 0 aromatic heterocycles. The molecular weight excluding hydrogens is 140 g/mol. The summed E-state index contributed by atoms with van der Waals surface area (Å²) in [6.45, 7) is 0.596. The van der Waals surface area contributed by atoms with Crippen LogP contribution in [-0.4, -0.2) is 24.3 Å². The average molecular weight is 152 g/mol. The molecular formula is C4H12N2OTi. The second-order valence-corrected chi connectivity index (χ2v) is 1.52. The summed E-state index contributed by atoms with van der Waals surface area (Å²) in [6.07, 6.45) is 0.705. The summed E-state index contributed by atoms with van der Waals surface area (Å²) in [4.78, 5) is 0. The number of aliphatic hydroxyl groups is 1. The molecule has 4 heteroatoms. The standard InChI is InChI=1S/C4H12N2O.Ti/c5-2-1-4(6)3-7;/h4,7H,1-3,5-6H2;. The van der Waals surface area contributed by atoms with Crippen LogP contribution in [0.1, 0.15) is 6.42 Å². The summed E-state index contributed by atoms with van der Waals surface area (Å²) in [5, 5.41) is 8.29. The van der Waals surface area contributed by atoms with E-state index in [2.05, 4.69) is 0 Å². The fourth-order valence-electron chi connectivity index (χ4n) is 0.305. The van der Waals surface area contributed by atoms with Crippen LogP contribution in [0.15, 0.2) is 0 Å². The van der Waals surface area contributed by atoms with Crippen LogP contribution in [0.5, 0.6) is 0 Å². The first kappa shape index (κ1) is 11.4. The molecule has 0 saturated carbocycles. The van der Waals surface area contributed by atoms with Crippen LogP contribution in [0.4, 0.5) is 0 Å². The Hall–Kier alpha value is 0.594. The largest absolute Gasteiger partial charge is 0.395 e. The van der Waals surface area contributed by atoms with Crippen molar-refractivity contribution in [3.8, 4) is 0 Å². The van der Waals surface area contributed by atoms with E-state index in [0.29, 0.717) is 13.0 Å². The average Bonchev–Trinajstić information content (AvgIpc) is 1.68. The zero-order valence-electron chi connectivity index (χ0n) is 4.80. The van der Waals surface area contributed by atoms with Gasteiger partial charge in [-0.2, -0.15) is 0 Å². The summed E-state index contributed by atoms with van der Waals surface area (Å²) in [5.41, 5.74) is 10.4. The molecule has 0 heterocycles. The molecule has 0 amide bonds. The van der Waals surface area contributed by atoms with Gasteiger partial charge < -0.3 is 16.6 Å². The Morgan fingerprint density at radius 1 is 1.50 bits per heavy atom. The van der Waals surface area contributed by atoms with E-state index < -0.39 is 0 Å². The maximum absolute atomic E-state index is 8.29. The summed E-state index contributed by atoms with van der Waals surface area (Å²) in [5.74, 6) is 0. The van der Waals surface area contributed by atoms with Crippen molar-refractivity contribution in [2.45, 2.75) is 12.5 Å². The van der Waals surface area contributed by atoms with E-state index >= 15 is 0 Å². The molecule has 0 aromatic carbocycles. The Morgan fingerprint density at radius 2 is 2.00 bits per heavy atom. The number of hydrogen-bond acceptors (Lipinski definition) is 3. The quantitative estimate of drug-likeness (QED) is 0.438. The van der Waals surface area contributed by atoms with E-state index in [1.165, 1.54) is 0 Å². The SMILES string of the molecule is NCCC(N)CO.[Ti]. The molecule has 0 spiro atoms. The van der Waals surface area contributed by atoms with E-state index in [4.69, 9.17) is 16.6 Å². The minimum atomic E-state index is -0.120. The Kier molecular flexibility index (Phi) is 10.8. The van der Waals surface area contributed by atoms with Crippen LogP contribution in [0.2, 0.25) is 0 Å². The van der Waals surface area contributed by atoms with Crippen LogP contribution >= 0.6 is 0 Å². The third kappa shape index (κ3) is 6.59. The van der Waals surface area contributed by atoms with Gasteiger partial charge in [-0.1, -0.05) is 0 Å². The van der Waals surface area contributed by atoms with Crippen molar-refractivity contribution in [3.05, 3.63) is 0 Å². The predicted octanol–water partition coefficient (Wildman–Crippen LogP) is -1.35. The monoisotopic (exact) mass is 152 g/mol. The molecule has 0 aliphatic heterocycles. The van der Waals surface area contributed by atoms with E-state index in [-0.39, 0.29) is 34.4 Å². The minimum absolute atomic E-state index is 0. The fourth-order valence-corrected chi connectivity index (χ4v) is 0.305. The minimum Gasteiger partial charge on any atom is -0.395 e. The first-order valence-corrected chi connectivity index (χ1v) is 2.37. The normalized spacial score (nSPS) is 12.4. The molecule has 48 valence electrons. The number of rotatable bonds is 3. The molecule has 0 radical (unpaired) electrons. The molecule has 0 rings (SSSR count). The Labute approximate surface area is 64.3 Å². The summed E-state index contributed by atoms with van der Waals surface area (Å²) >= 11 is 0. The summed E-state index contributed by atoms with van der Waals surface area (Å²) in [6, 6.07) is -0.120. The third-order valence-corrected chi connectivity index (χ3v) is 0.772. The van der Waals surface area contributed by atoms with Crippen LogP contribution in [0.3, 0.4) is 0 Å². The van der Waals surface area contributed by atoms with Gasteiger partial charge in [0.15, 0.2) is 0 Å². The molecule has 8 heavy (non-hydrogen) atoms. The van der Waals surface area contributed by atoms with Gasteiger partial charge in [0.05, 0.1) is 6.61 Å². The van der Waals surface area contributed by atoms with Gasteiger partial charge in [-0.25, -0.2) is 0 Å². The van der Waals surface area contributed by atoms with Crippen molar-refractivity contribution in [1.82, 2.24) is 0 Å². The van der Waals surface area contributed by atoms with Gasteiger partial charge in [-0.05, 0) is 13.0 Å². The maximum Gasteiger partial charge on any atom is 0.0583 e. The van der Waals surface area contributed by atoms with Gasteiger partial charge in [-0.3, -0.25) is 0 Å². The van der Waals surface area contributed by atoms with Crippen LogP contribution in [0, 0.1) is 0 Å². The van der Waals surface area contributed by atoms with E-state index in [1.807, 2.05) is 0 Å². The van der Waals surface area contributed by atoms with Crippen molar-refractivity contribution < 1.29 is 26.8 Å². The van der Waals surface area contributed by atoms with Crippen molar-refractivity contribution in [3.63, 3.8) is 0 Å². The predicted molar refractivity (Wildman–Crippen MR) is 28.7 cm³/mol. The molecule has 0 bridgehead atoms. The van der Waals surface area contributed by atoms with Crippen molar-refractivity contribution >= 4 is 0 Å². The molecule has 3 nitrogen and oxygen atoms in total. The fraction of sp³-hybridized carbons (Fsp3) is 1.00. The smallest absolute Gasteiger partial charge is 0.0583 e. The molecule has 0 aliphatic carbocycles. The van der Waals surface area contributed by atoms with E-state index in [1.54, 1.807) is 0 Å². The topological polar surface area (TPSA) is 72.3 Å². The zero-order chi connectivity index (χ0) is 5.70. The molecule has 0 aromatic rings. The van der Waals surface area contributed by atoms with Gasteiger partial charge in [0, 0.05) is 27.8 Å². The van der Waals surface area contributed by atoms with Crippen molar-refractivity contribution in [2.24, 2.45) is 11.5 Å². The Balaban J connectivity index is 0. The molecule has 0 saturated heterocycles. The molecule has 0 aliphatic rings. The number of nitrogens with two attached hydrogens (primary N) is 2. The molecule has 5 N–H and O–H groups in total. The Morgan fingerprint density at radius 3 is 2.12 bits per heavy atom. The van der Waals surface area contributed by atoms with Crippen LogP contribution < -0.4 is 11.5 Å². The molecule has 1 unspecified atom stereocenters. The van der Waals surface area contributed by atoms with Gasteiger partial charge in [0.2, 0.25) is 0 Å². The van der Waals surface area contributed by atoms with Crippen LogP contribution in [0.25, 0.3) is 0 Å². The van der Waals surface area contributed by atoms with Crippen molar-refractivity contribution in [1.29, 1.82) is 0 Å². The van der Waals surface area contributed by atoms with E-state index in [0.717, 1.165) is 0 Å². The zero-order valence-corrected chi connectivity index (χ0v) is 6.36. The Bertz CT molecular complexity index is 45.0. The van der Waals surface area contributed by atoms with Gasteiger partial charge in [0.25, 0.3) is 0 Å². The third-order valence-electron chi connectivity index (χ3n) is 0.772. The number of hydrogen-bond donors (Lipinski definition) is 3. The molecule has 1 atom stereocenters. The summed E-state index contributed by atoms with van der Waals surface area (Å²) in [7, 11) is 0.